The summed E-state index contributed by atoms with van der Waals surface area (Å²) >= 11 is 5.87. The van der Waals surface area contributed by atoms with Crippen LogP contribution in [0.3, 0.4) is 0 Å². The van der Waals surface area contributed by atoms with E-state index in [0.29, 0.717) is 0 Å². The van der Waals surface area contributed by atoms with Crippen LogP contribution >= 0.6 is 11.6 Å². The molecule has 0 aliphatic carbocycles. The van der Waals surface area contributed by atoms with Gasteiger partial charge in [0.15, 0.2) is 0 Å². The van der Waals surface area contributed by atoms with E-state index in [0.717, 1.165) is 30.0 Å². The van der Waals surface area contributed by atoms with Gasteiger partial charge < -0.3 is 4.74 Å². The van der Waals surface area contributed by atoms with Crippen molar-refractivity contribution >= 4 is 11.6 Å². The Morgan fingerprint density at radius 2 is 1.90 bits per heavy atom. The molecule has 4 heteroatoms. The quantitative estimate of drug-likeness (QED) is 0.849. The zero-order valence-corrected chi connectivity index (χ0v) is 12.7. The van der Waals surface area contributed by atoms with E-state index >= 15 is 0 Å². The van der Waals surface area contributed by atoms with Crippen molar-refractivity contribution in [2.45, 2.75) is 25.3 Å². The van der Waals surface area contributed by atoms with Gasteiger partial charge in [0.25, 0.3) is 0 Å². The van der Waals surface area contributed by atoms with Crippen LogP contribution in [0.5, 0.6) is 5.75 Å². The third-order valence-corrected chi connectivity index (χ3v) is 4.63. The highest BCUT2D eigenvalue weighted by molar-refractivity contribution is 6.30. The maximum atomic E-state index is 5.87. The van der Waals surface area contributed by atoms with E-state index in [2.05, 4.69) is 9.80 Å². The third kappa shape index (κ3) is 3.66. The van der Waals surface area contributed by atoms with Crippen molar-refractivity contribution in [2.24, 2.45) is 0 Å². The normalized spacial score (nSPS) is 24.4. The van der Waals surface area contributed by atoms with E-state index in [4.69, 9.17) is 16.3 Å². The Kier molecular flexibility index (Phi) is 4.81. The highest BCUT2D eigenvalue weighted by Gasteiger charge is 2.28. The van der Waals surface area contributed by atoms with Gasteiger partial charge in [-0.3, -0.25) is 9.80 Å². The van der Waals surface area contributed by atoms with E-state index in [1.165, 1.54) is 45.4 Å². The number of hydrogen-bond acceptors (Lipinski definition) is 3. The zero-order valence-electron chi connectivity index (χ0n) is 11.9. The van der Waals surface area contributed by atoms with Crippen LogP contribution in [0.4, 0.5) is 0 Å². The predicted molar refractivity (Wildman–Crippen MR) is 82.6 cm³/mol. The second-order valence-corrected chi connectivity index (χ2v) is 6.23. The van der Waals surface area contributed by atoms with Crippen molar-refractivity contribution in [3.8, 4) is 5.75 Å². The Morgan fingerprint density at radius 3 is 2.75 bits per heavy atom. The Morgan fingerprint density at radius 1 is 1.10 bits per heavy atom. The van der Waals surface area contributed by atoms with Gasteiger partial charge in [-0.05, 0) is 63.2 Å². The van der Waals surface area contributed by atoms with E-state index in [-0.39, 0.29) is 0 Å². The summed E-state index contributed by atoms with van der Waals surface area (Å²) in [5.41, 5.74) is 0. The Bertz CT molecular complexity index is 423. The summed E-state index contributed by atoms with van der Waals surface area (Å²) in [6.07, 6.45) is 4.03. The first kappa shape index (κ1) is 14.2. The standard InChI is InChI=1S/C16H23ClN2O/c17-14-4-6-16(7-5-14)20-12-11-18-8-2-10-19-9-1-3-15(19)13-18/h4-7,15H,1-3,8-13H2/t15-/m0/s1. The first-order valence-corrected chi connectivity index (χ1v) is 8.04. The highest BCUT2D eigenvalue weighted by Crippen LogP contribution is 2.21. The summed E-state index contributed by atoms with van der Waals surface area (Å²) < 4.78 is 5.80. The molecule has 0 aromatic heterocycles. The average molecular weight is 295 g/mol. The predicted octanol–water partition coefficient (Wildman–Crippen LogP) is 2.89. The van der Waals surface area contributed by atoms with Crippen LogP contribution in [0.15, 0.2) is 24.3 Å². The minimum atomic E-state index is 0.756. The Balaban J connectivity index is 1.44. The molecule has 2 fully saturated rings. The average Bonchev–Trinajstić information content (AvgIpc) is 2.80. The van der Waals surface area contributed by atoms with Crippen LogP contribution in [0, 0.1) is 0 Å². The molecule has 1 aromatic carbocycles. The molecule has 20 heavy (non-hydrogen) atoms. The number of halogens is 1. The smallest absolute Gasteiger partial charge is 0.119 e. The lowest BCUT2D eigenvalue weighted by atomic mass is 10.2. The SMILES string of the molecule is Clc1ccc(OCCN2CCCN3CCC[C@H]3C2)cc1. The molecule has 1 aromatic rings. The summed E-state index contributed by atoms with van der Waals surface area (Å²) in [7, 11) is 0. The first-order chi connectivity index (χ1) is 9.81. The van der Waals surface area contributed by atoms with Crippen molar-refractivity contribution in [1.29, 1.82) is 0 Å². The van der Waals surface area contributed by atoms with Gasteiger partial charge in [-0.2, -0.15) is 0 Å². The Hall–Kier alpha value is -0.770. The molecule has 3 nitrogen and oxygen atoms in total. The lowest BCUT2D eigenvalue weighted by Crippen LogP contribution is -2.38. The molecule has 0 saturated carbocycles. The van der Waals surface area contributed by atoms with Crippen LogP contribution in [0.2, 0.25) is 5.02 Å². The van der Waals surface area contributed by atoms with Crippen molar-refractivity contribution in [3.05, 3.63) is 29.3 Å². The molecule has 3 rings (SSSR count). The molecule has 0 bridgehead atoms. The zero-order chi connectivity index (χ0) is 13.8. The molecule has 0 radical (unpaired) electrons. The second kappa shape index (κ2) is 6.79. The van der Waals surface area contributed by atoms with E-state index < -0.39 is 0 Å². The molecule has 0 unspecified atom stereocenters. The topological polar surface area (TPSA) is 15.7 Å². The fourth-order valence-corrected chi connectivity index (χ4v) is 3.44. The van der Waals surface area contributed by atoms with Gasteiger partial charge in [0, 0.05) is 24.2 Å². The van der Waals surface area contributed by atoms with Crippen LogP contribution in [-0.2, 0) is 0 Å². The Labute approximate surface area is 126 Å². The van der Waals surface area contributed by atoms with Gasteiger partial charge in [-0.25, -0.2) is 0 Å². The summed E-state index contributed by atoms with van der Waals surface area (Å²) in [6.45, 7) is 6.78. The number of rotatable bonds is 4. The number of hydrogen-bond donors (Lipinski definition) is 0. The van der Waals surface area contributed by atoms with Gasteiger partial charge in [0.1, 0.15) is 12.4 Å². The molecule has 110 valence electrons. The summed E-state index contributed by atoms with van der Waals surface area (Å²) in [5.74, 6) is 0.909. The second-order valence-electron chi connectivity index (χ2n) is 5.79. The molecule has 0 N–H and O–H groups in total. The summed E-state index contributed by atoms with van der Waals surface area (Å²) in [6, 6.07) is 8.40. The first-order valence-electron chi connectivity index (χ1n) is 7.66. The van der Waals surface area contributed by atoms with Gasteiger partial charge >= 0.3 is 0 Å². The largest absolute Gasteiger partial charge is 0.492 e. The molecule has 2 heterocycles. The van der Waals surface area contributed by atoms with Crippen molar-refractivity contribution in [2.75, 3.05) is 39.3 Å². The lowest BCUT2D eigenvalue weighted by molar-refractivity contribution is 0.188. The number of ether oxygens (including phenoxy) is 1. The number of benzene rings is 1. The van der Waals surface area contributed by atoms with E-state index in [1.807, 2.05) is 24.3 Å². The van der Waals surface area contributed by atoms with Gasteiger partial charge in [-0.15, -0.1) is 0 Å². The minimum absolute atomic E-state index is 0.756. The van der Waals surface area contributed by atoms with E-state index in [9.17, 15) is 0 Å². The van der Waals surface area contributed by atoms with Crippen LogP contribution in [0.1, 0.15) is 19.3 Å². The molecule has 0 spiro atoms. The number of fused-ring (bicyclic) bond motifs is 1. The molecule has 0 amide bonds. The van der Waals surface area contributed by atoms with Crippen molar-refractivity contribution in [3.63, 3.8) is 0 Å². The monoisotopic (exact) mass is 294 g/mol. The molecule has 2 aliphatic rings. The van der Waals surface area contributed by atoms with Crippen LogP contribution in [-0.4, -0.2) is 55.2 Å². The van der Waals surface area contributed by atoms with Gasteiger partial charge in [0.05, 0.1) is 0 Å². The van der Waals surface area contributed by atoms with Crippen LogP contribution in [0.25, 0.3) is 0 Å². The fourth-order valence-electron chi connectivity index (χ4n) is 3.31. The van der Waals surface area contributed by atoms with E-state index in [1.54, 1.807) is 0 Å². The highest BCUT2D eigenvalue weighted by atomic mass is 35.5. The van der Waals surface area contributed by atoms with Crippen molar-refractivity contribution in [1.82, 2.24) is 9.80 Å². The summed E-state index contributed by atoms with van der Waals surface area (Å²) in [4.78, 5) is 5.23. The molecular weight excluding hydrogens is 272 g/mol. The van der Waals surface area contributed by atoms with Crippen molar-refractivity contribution < 1.29 is 4.74 Å². The maximum Gasteiger partial charge on any atom is 0.119 e. The molecule has 2 saturated heterocycles. The maximum absolute atomic E-state index is 5.87. The molecule has 2 aliphatic heterocycles. The fraction of sp³-hybridized carbons (Fsp3) is 0.625. The van der Waals surface area contributed by atoms with Crippen LogP contribution < -0.4 is 4.74 Å². The lowest BCUT2D eigenvalue weighted by Gasteiger charge is -2.25. The third-order valence-electron chi connectivity index (χ3n) is 4.38. The van der Waals surface area contributed by atoms with Gasteiger partial charge in [-0.1, -0.05) is 11.6 Å². The molecular formula is C16H23ClN2O. The number of nitrogens with zero attached hydrogens (tertiary/aromatic N) is 2. The summed E-state index contributed by atoms with van der Waals surface area (Å²) in [5, 5.41) is 0.756. The molecule has 1 atom stereocenters. The van der Waals surface area contributed by atoms with Gasteiger partial charge in [0.2, 0.25) is 0 Å². The minimum Gasteiger partial charge on any atom is -0.492 e.